The van der Waals surface area contributed by atoms with Crippen molar-refractivity contribution in [2.75, 3.05) is 30.5 Å². The summed E-state index contributed by atoms with van der Waals surface area (Å²) in [4.78, 5) is 16.4. The van der Waals surface area contributed by atoms with Crippen molar-refractivity contribution in [3.8, 4) is 5.75 Å². The third kappa shape index (κ3) is 5.19. The molecule has 27 heavy (non-hydrogen) atoms. The predicted molar refractivity (Wildman–Crippen MR) is 104 cm³/mol. The smallest absolute Gasteiger partial charge is 0.270 e. The molecule has 1 fully saturated rings. The van der Waals surface area contributed by atoms with Gasteiger partial charge in [0, 0.05) is 24.5 Å². The van der Waals surface area contributed by atoms with E-state index in [1.165, 1.54) is 0 Å². The number of aromatic nitrogens is 1. The zero-order chi connectivity index (χ0) is 19.3. The third-order valence-electron chi connectivity index (χ3n) is 4.48. The molecule has 1 aromatic carbocycles. The van der Waals surface area contributed by atoms with Crippen LogP contribution in [0.5, 0.6) is 5.75 Å². The van der Waals surface area contributed by atoms with Gasteiger partial charge in [-0.15, -0.1) is 0 Å². The van der Waals surface area contributed by atoms with Crippen molar-refractivity contribution < 1.29 is 17.9 Å². The van der Waals surface area contributed by atoms with Crippen LogP contribution in [0.1, 0.15) is 22.5 Å². The van der Waals surface area contributed by atoms with Gasteiger partial charge in [-0.05, 0) is 36.6 Å². The number of nitrogens with zero attached hydrogens (tertiary/aromatic N) is 1. The Bertz CT molecular complexity index is 915. The normalized spacial score (nSPS) is 18.0. The number of sulfone groups is 1. The molecule has 1 unspecified atom stereocenters. The largest absolute Gasteiger partial charge is 0.496 e. The lowest BCUT2D eigenvalue weighted by molar-refractivity contribution is 0.0936. The number of carbonyl (C=O) groups is 1. The molecule has 0 saturated carbocycles. The van der Waals surface area contributed by atoms with E-state index < -0.39 is 9.84 Å². The van der Waals surface area contributed by atoms with Crippen LogP contribution in [-0.2, 0) is 16.3 Å². The molecule has 1 aromatic heterocycles. The van der Waals surface area contributed by atoms with Crippen LogP contribution in [0.15, 0.2) is 42.6 Å². The maximum atomic E-state index is 12.3. The Morgan fingerprint density at radius 2 is 2.11 bits per heavy atom. The lowest BCUT2D eigenvalue weighted by Gasteiger charge is -2.12. The monoisotopic (exact) mass is 389 g/mol. The zero-order valence-corrected chi connectivity index (χ0v) is 16.0. The van der Waals surface area contributed by atoms with Gasteiger partial charge < -0.3 is 15.4 Å². The number of hydrogen-bond donors (Lipinski definition) is 2. The fourth-order valence-corrected chi connectivity index (χ4v) is 4.76. The number of ether oxygens (including phenoxy) is 1. The second-order valence-corrected chi connectivity index (χ2v) is 8.72. The van der Waals surface area contributed by atoms with Crippen molar-refractivity contribution in [3.05, 3.63) is 53.9 Å². The highest BCUT2D eigenvalue weighted by Gasteiger charge is 2.29. The summed E-state index contributed by atoms with van der Waals surface area (Å²) in [6, 6.07) is 11.0. The molecule has 2 aromatic rings. The molecule has 2 N–H and O–H groups in total. The average molecular weight is 389 g/mol. The maximum Gasteiger partial charge on any atom is 0.270 e. The highest BCUT2D eigenvalue weighted by Crippen LogP contribution is 2.18. The van der Waals surface area contributed by atoms with E-state index in [4.69, 9.17) is 4.74 Å². The second-order valence-electron chi connectivity index (χ2n) is 6.49. The molecule has 7 nitrogen and oxygen atoms in total. The van der Waals surface area contributed by atoms with Crippen molar-refractivity contribution in [2.45, 2.75) is 18.9 Å². The number of carbonyl (C=O) groups excluding carboxylic acids is 1. The SMILES string of the molecule is COc1ccccc1CCNc1ccnc(C(=O)NC2CCS(=O)(=O)C2)c1. The van der Waals surface area contributed by atoms with E-state index in [1.807, 2.05) is 24.3 Å². The van der Waals surface area contributed by atoms with Gasteiger partial charge in [-0.3, -0.25) is 9.78 Å². The van der Waals surface area contributed by atoms with E-state index in [2.05, 4.69) is 15.6 Å². The van der Waals surface area contributed by atoms with E-state index >= 15 is 0 Å². The highest BCUT2D eigenvalue weighted by atomic mass is 32.2. The summed E-state index contributed by atoms with van der Waals surface area (Å²) in [6.07, 6.45) is 2.78. The van der Waals surface area contributed by atoms with Crippen LogP contribution >= 0.6 is 0 Å². The first-order valence-corrected chi connectivity index (χ1v) is 10.6. The quantitative estimate of drug-likeness (QED) is 0.748. The van der Waals surface area contributed by atoms with Crippen LogP contribution in [0.25, 0.3) is 0 Å². The van der Waals surface area contributed by atoms with Crippen LogP contribution in [0.2, 0.25) is 0 Å². The highest BCUT2D eigenvalue weighted by molar-refractivity contribution is 7.91. The van der Waals surface area contributed by atoms with Crippen molar-refractivity contribution in [1.82, 2.24) is 10.3 Å². The molecule has 1 aliphatic rings. The van der Waals surface area contributed by atoms with Gasteiger partial charge in [0.2, 0.25) is 0 Å². The molecular weight excluding hydrogens is 366 g/mol. The van der Waals surface area contributed by atoms with Gasteiger partial charge in [-0.25, -0.2) is 8.42 Å². The number of anilines is 1. The number of benzene rings is 1. The summed E-state index contributed by atoms with van der Waals surface area (Å²) in [5.41, 5.74) is 2.15. The number of amides is 1. The number of para-hydroxylation sites is 1. The fourth-order valence-electron chi connectivity index (χ4n) is 3.08. The van der Waals surface area contributed by atoms with Crippen molar-refractivity contribution in [1.29, 1.82) is 0 Å². The number of hydrogen-bond acceptors (Lipinski definition) is 6. The van der Waals surface area contributed by atoms with E-state index in [1.54, 1.807) is 25.4 Å². The molecule has 1 aliphatic heterocycles. The molecule has 1 atom stereocenters. The van der Waals surface area contributed by atoms with Crippen molar-refractivity contribution in [2.24, 2.45) is 0 Å². The Morgan fingerprint density at radius 3 is 2.85 bits per heavy atom. The van der Waals surface area contributed by atoms with Gasteiger partial charge in [0.25, 0.3) is 5.91 Å². The van der Waals surface area contributed by atoms with E-state index in [9.17, 15) is 13.2 Å². The van der Waals surface area contributed by atoms with E-state index in [0.29, 0.717) is 13.0 Å². The maximum absolute atomic E-state index is 12.3. The van der Waals surface area contributed by atoms with Crippen LogP contribution in [-0.4, -0.2) is 50.5 Å². The Hall–Kier alpha value is -2.61. The molecule has 0 bridgehead atoms. The summed E-state index contributed by atoms with van der Waals surface area (Å²) in [5.74, 6) is 0.608. The molecule has 144 valence electrons. The standard InChI is InChI=1S/C19H23N3O4S/c1-26-18-5-3-2-4-14(18)6-9-20-15-7-10-21-17(12-15)19(23)22-16-8-11-27(24,25)13-16/h2-5,7,10,12,16H,6,8-9,11,13H2,1H3,(H,20,21)(H,22,23). The molecule has 8 heteroatoms. The van der Waals surface area contributed by atoms with Gasteiger partial charge in [0.15, 0.2) is 9.84 Å². The van der Waals surface area contributed by atoms with Crippen LogP contribution in [0.3, 0.4) is 0 Å². The summed E-state index contributed by atoms with van der Waals surface area (Å²) >= 11 is 0. The number of pyridine rings is 1. The van der Waals surface area contributed by atoms with Crippen molar-refractivity contribution >= 4 is 21.4 Å². The Labute approximate surface area is 159 Å². The summed E-state index contributed by atoms with van der Waals surface area (Å²) in [7, 11) is -1.38. The molecular formula is C19H23N3O4S. The number of rotatable bonds is 7. The van der Waals surface area contributed by atoms with Gasteiger partial charge >= 0.3 is 0 Å². The third-order valence-corrected chi connectivity index (χ3v) is 6.24. The lowest BCUT2D eigenvalue weighted by Crippen LogP contribution is -2.36. The molecule has 0 spiro atoms. The van der Waals surface area contributed by atoms with Crippen LogP contribution in [0, 0.1) is 0 Å². The first kappa shape index (κ1) is 19.2. The minimum absolute atomic E-state index is 0.00438. The first-order valence-electron chi connectivity index (χ1n) is 8.80. The van der Waals surface area contributed by atoms with E-state index in [0.717, 1.165) is 23.4 Å². The van der Waals surface area contributed by atoms with Crippen molar-refractivity contribution in [3.63, 3.8) is 0 Å². The Kier molecular flexibility index (Phi) is 5.95. The van der Waals surface area contributed by atoms with Crippen LogP contribution < -0.4 is 15.4 Å². The number of nitrogens with one attached hydrogen (secondary N) is 2. The molecule has 1 saturated heterocycles. The summed E-state index contributed by atoms with van der Waals surface area (Å²) in [5, 5.41) is 6.03. The topological polar surface area (TPSA) is 97.4 Å². The summed E-state index contributed by atoms with van der Waals surface area (Å²) < 4.78 is 28.4. The molecule has 2 heterocycles. The fraction of sp³-hybridized carbons (Fsp3) is 0.368. The summed E-state index contributed by atoms with van der Waals surface area (Å²) in [6.45, 7) is 0.673. The van der Waals surface area contributed by atoms with Crippen LogP contribution in [0.4, 0.5) is 5.69 Å². The predicted octanol–water partition coefficient (Wildman–Crippen LogP) is 1.66. The number of methoxy groups -OCH3 is 1. The Morgan fingerprint density at radius 1 is 1.30 bits per heavy atom. The minimum Gasteiger partial charge on any atom is -0.496 e. The zero-order valence-electron chi connectivity index (χ0n) is 15.1. The second kappa shape index (κ2) is 8.39. The van der Waals surface area contributed by atoms with Gasteiger partial charge in [0.05, 0.1) is 18.6 Å². The Balaban J connectivity index is 1.56. The molecule has 1 amide bonds. The minimum atomic E-state index is -3.03. The molecule has 3 rings (SSSR count). The van der Waals surface area contributed by atoms with Gasteiger partial charge in [0.1, 0.15) is 11.4 Å². The van der Waals surface area contributed by atoms with Gasteiger partial charge in [-0.2, -0.15) is 0 Å². The van der Waals surface area contributed by atoms with E-state index in [-0.39, 0.29) is 29.1 Å². The van der Waals surface area contributed by atoms with Gasteiger partial charge in [-0.1, -0.05) is 18.2 Å². The first-order chi connectivity index (χ1) is 13.0. The average Bonchev–Trinajstić information content (AvgIpc) is 3.00. The molecule has 0 aliphatic carbocycles. The lowest BCUT2D eigenvalue weighted by atomic mass is 10.1. The molecule has 0 radical (unpaired) electrons.